The molecule has 0 spiro atoms. The monoisotopic (exact) mass is 962 g/mol. The number of fused-ring (bicyclic) bond motifs is 2. The number of benzene rings is 4. The molecule has 0 amide bonds. The fourth-order valence-corrected chi connectivity index (χ4v) is 10.8. The summed E-state index contributed by atoms with van der Waals surface area (Å²) in [4.78, 5) is 0. The third kappa shape index (κ3) is 15.5. The van der Waals surface area contributed by atoms with Crippen LogP contribution in [0.5, 0.6) is 0 Å². The van der Waals surface area contributed by atoms with Gasteiger partial charge in [-0.3, -0.25) is 0 Å². The zero-order chi connectivity index (χ0) is 41.1. The summed E-state index contributed by atoms with van der Waals surface area (Å²) in [5.41, 5.74) is 14.9. The first kappa shape index (κ1) is 55.9. The second kappa shape index (κ2) is 26.7. The van der Waals surface area contributed by atoms with Crippen LogP contribution >= 0.6 is 24.8 Å². The van der Waals surface area contributed by atoms with Crippen molar-refractivity contribution in [3.8, 4) is 22.3 Å². The van der Waals surface area contributed by atoms with E-state index in [1.807, 2.05) is 0 Å². The predicted octanol–water partition coefficient (Wildman–Crippen LogP) is 18.4. The molecule has 6 aromatic carbocycles. The van der Waals surface area contributed by atoms with E-state index < -0.39 is 0 Å². The molecular weight excluding hydrogens is 887 g/mol. The fraction of sp³-hybridized carbons (Fsp3) is 0.448. The van der Waals surface area contributed by atoms with Gasteiger partial charge in [0.05, 0.1) is 0 Å². The van der Waals surface area contributed by atoms with Crippen molar-refractivity contribution in [2.24, 2.45) is 10.8 Å². The molecule has 2 aliphatic carbocycles. The summed E-state index contributed by atoms with van der Waals surface area (Å²) in [7, 11) is 0. The fourth-order valence-electron chi connectivity index (χ4n) is 10.8. The number of hydrogen-bond donors (Lipinski definition) is 0. The van der Waals surface area contributed by atoms with Gasteiger partial charge in [0.1, 0.15) is 0 Å². The third-order valence-corrected chi connectivity index (χ3v) is 13.6. The summed E-state index contributed by atoms with van der Waals surface area (Å²) in [5, 5.41) is 5.65. The van der Waals surface area contributed by atoms with E-state index in [2.05, 4.69) is 145 Å². The molecule has 0 aromatic heterocycles. The van der Waals surface area contributed by atoms with E-state index in [1.54, 1.807) is 0 Å². The normalized spacial score (nSPS) is 16.1. The maximum absolute atomic E-state index is 3.06. The van der Waals surface area contributed by atoms with E-state index in [0.29, 0.717) is 10.8 Å². The molecule has 336 valence electrons. The molecule has 0 atom stereocenters. The minimum atomic E-state index is 0. The van der Waals surface area contributed by atoms with Crippen LogP contribution in [0.15, 0.2) is 97.1 Å². The van der Waals surface area contributed by atoms with Crippen molar-refractivity contribution in [1.29, 1.82) is 0 Å². The minimum absolute atomic E-state index is 0. The van der Waals surface area contributed by atoms with Crippen LogP contribution in [0.25, 0.3) is 43.8 Å². The van der Waals surface area contributed by atoms with Crippen molar-refractivity contribution < 1.29 is 23.3 Å². The molecule has 62 heavy (non-hydrogen) atoms. The molecule has 6 aromatic rings. The van der Waals surface area contributed by atoms with Gasteiger partial charge in [0.25, 0.3) is 0 Å². The Labute approximate surface area is 409 Å². The van der Waals surface area contributed by atoms with Gasteiger partial charge in [-0.15, -0.1) is 93.9 Å². The quantitative estimate of drug-likeness (QED) is 0.115. The summed E-state index contributed by atoms with van der Waals surface area (Å²) in [6.07, 6.45) is 25.1. The standard InChI is InChI=1S/2C28H35.2CH3.2ClH.Si.Zr/c2*1-21-15-22(2)17-25(16-21)26-12-10-11-24-18-23(19-27(24)26)20-28(3)13-8-6-4-5-7-9-14-28;;;;;;/h2*10-12,15-19H,4-9,13-14,20H2,1-3H3;2*1H3;2*1H;;/q4*-1;;;;. The average Bonchev–Trinajstić information content (AvgIpc) is 3.83. The third-order valence-electron chi connectivity index (χ3n) is 13.6. The van der Waals surface area contributed by atoms with Gasteiger partial charge in [0.15, 0.2) is 0 Å². The van der Waals surface area contributed by atoms with Crippen LogP contribution in [0.2, 0.25) is 0 Å². The van der Waals surface area contributed by atoms with E-state index in [0.717, 1.165) is 0 Å². The molecule has 0 aliphatic heterocycles. The van der Waals surface area contributed by atoms with Crippen LogP contribution < -0.4 is 0 Å². The summed E-state index contributed by atoms with van der Waals surface area (Å²) in [6.45, 7) is 16.9. The summed E-state index contributed by atoms with van der Waals surface area (Å²) in [5.74, 6) is 0. The Hall–Kier alpha value is -2.22. The average molecular weight is 965 g/mol. The Morgan fingerprint density at radius 1 is 0.452 bits per heavy atom. The molecule has 0 N–H and O–H groups in total. The summed E-state index contributed by atoms with van der Waals surface area (Å²) >= 11 is 1.36. The number of hydrogen-bond acceptors (Lipinski definition) is 0. The number of halogens is 2. The molecule has 2 aliphatic rings. The Balaban J connectivity index is 0.000000386. The van der Waals surface area contributed by atoms with Gasteiger partial charge in [-0.25, -0.2) is 0 Å². The molecule has 0 heterocycles. The molecule has 8 rings (SSSR count). The van der Waals surface area contributed by atoms with Crippen molar-refractivity contribution in [1.82, 2.24) is 0 Å². The van der Waals surface area contributed by atoms with E-state index in [-0.39, 0.29) is 39.7 Å². The zero-order valence-electron chi connectivity index (χ0n) is 39.8. The molecule has 0 unspecified atom stereocenters. The van der Waals surface area contributed by atoms with E-state index in [1.165, 1.54) is 216 Å². The molecule has 2 saturated carbocycles. The zero-order valence-corrected chi connectivity index (χ0v) is 44.9. The van der Waals surface area contributed by atoms with Gasteiger partial charge in [0.2, 0.25) is 0 Å². The van der Waals surface area contributed by atoms with Gasteiger partial charge in [0, 0.05) is 0 Å². The van der Waals surface area contributed by atoms with Crippen molar-refractivity contribution in [3.05, 3.63) is 145 Å². The van der Waals surface area contributed by atoms with Gasteiger partial charge in [-0.05, 0) is 88.2 Å². The van der Waals surface area contributed by atoms with Crippen molar-refractivity contribution in [2.45, 2.75) is 157 Å². The van der Waals surface area contributed by atoms with Crippen molar-refractivity contribution >= 4 is 53.2 Å². The van der Waals surface area contributed by atoms with Crippen LogP contribution in [-0.4, -0.2) is 6.88 Å². The molecular formula is C58H78Cl2SiZr-4. The summed E-state index contributed by atoms with van der Waals surface area (Å²) in [6, 6.07) is 37.3. The second-order valence-corrected chi connectivity index (χ2v) is 19.3. The van der Waals surface area contributed by atoms with Gasteiger partial charge in [-0.2, -0.15) is 12.1 Å². The van der Waals surface area contributed by atoms with Crippen molar-refractivity contribution in [3.63, 3.8) is 0 Å². The Morgan fingerprint density at radius 2 is 0.742 bits per heavy atom. The second-order valence-electron chi connectivity index (χ2n) is 19.3. The number of aryl methyl sites for hydroxylation is 4. The molecule has 4 heteroatoms. The first-order chi connectivity index (χ1) is 28.0. The Morgan fingerprint density at radius 3 is 1.05 bits per heavy atom. The van der Waals surface area contributed by atoms with Gasteiger partial charge < -0.3 is 14.9 Å². The SMILES string of the molecule is Cc1cc(C)cc(-c2cccc3[cH-]c(CC4(C)CCCCCCCC4)cc23)c1.Cc1cc(C)cc(-c2cccc3[cH-]c(CC4(C)CCCCCCCC4)cc23)c1.Cl.Cl.[CH3-].[CH3-].[Si]=[Zr]. The topological polar surface area (TPSA) is 0 Å². The maximum atomic E-state index is 3.06. The predicted molar refractivity (Wildman–Crippen MR) is 279 cm³/mol. The van der Waals surface area contributed by atoms with Gasteiger partial charge >= 0.3 is 30.2 Å². The molecule has 2 radical (unpaired) electrons. The molecule has 0 nitrogen and oxygen atoms in total. The Kier molecular flexibility index (Phi) is 24.0. The van der Waals surface area contributed by atoms with Crippen LogP contribution in [0.1, 0.15) is 150 Å². The van der Waals surface area contributed by atoms with Crippen LogP contribution in [0.3, 0.4) is 0 Å². The van der Waals surface area contributed by atoms with E-state index in [9.17, 15) is 0 Å². The number of rotatable bonds is 6. The van der Waals surface area contributed by atoms with E-state index in [4.69, 9.17) is 0 Å². The van der Waals surface area contributed by atoms with E-state index >= 15 is 0 Å². The molecule has 0 saturated heterocycles. The van der Waals surface area contributed by atoms with Crippen LogP contribution in [0, 0.1) is 53.4 Å². The molecule has 2 fully saturated rings. The first-order valence-electron chi connectivity index (χ1n) is 22.8. The van der Waals surface area contributed by atoms with Crippen LogP contribution in [0.4, 0.5) is 0 Å². The summed E-state index contributed by atoms with van der Waals surface area (Å²) < 4.78 is 0. The Bertz CT molecular complexity index is 2020. The first-order valence-corrected chi connectivity index (χ1v) is 27.0. The van der Waals surface area contributed by atoms with Crippen LogP contribution in [-0.2, 0) is 36.2 Å². The van der Waals surface area contributed by atoms with Crippen molar-refractivity contribution in [2.75, 3.05) is 0 Å². The molecule has 0 bridgehead atoms. The van der Waals surface area contributed by atoms with Gasteiger partial charge in [-0.1, -0.05) is 173 Å².